The zero-order chi connectivity index (χ0) is 24.8. The monoisotopic (exact) mass is 478 g/mol. The quantitative estimate of drug-likeness (QED) is 0.623. The highest BCUT2D eigenvalue weighted by atomic mass is 19.1. The van der Waals surface area contributed by atoms with Crippen LogP contribution in [0, 0.1) is 28.6 Å². The summed E-state index contributed by atoms with van der Waals surface area (Å²) in [7, 11) is 0. The Morgan fingerprint density at radius 3 is 2.62 bits per heavy atom. The molecule has 1 aliphatic heterocycles. The summed E-state index contributed by atoms with van der Waals surface area (Å²) in [6.07, 6.45) is 0.657. The first-order valence-corrected chi connectivity index (χ1v) is 12.4. The minimum atomic E-state index is -1.39. The number of carbonyl (C=O) groups is 3. The van der Waals surface area contributed by atoms with Crippen LogP contribution < -0.4 is 0 Å². The number of aliphatic hydroxyl groups is 1. The van der Waals surface area contributed by atoms with Crippen LogP contribution in [0.3, 0.4) is 0 Å². The summed E-state index contributed by atoms with van der Waals surface area (Å²) in [5.41, 5.74) is -2.32. The maximum Gasteiger partial charge on any atom is 0.303 e. The zero-order valence-electron chi connectivity index (χ0n) is 20.6. The van der Waals surface area contributed by atoms with Crippen LogP contribution in [0.15, 0.2) is 11.6 Å². The molecular weight excluding hydrogens is 443 g/mol. The lowest BCUT2D eigenvalue weighted by Gasteiger charge is -2.61. The van der Waals surface area contributed by atoms with Gasteiger partial charge in [0.05, 0.1) is 12.2 Å². The van der Waals surface area contributed by atoms with E-state index in [2.05, 4.69) is 0 Å². The summed E-state index contributed by atoms with van der Waals surface area (Å²) >= 11 is 0. The van der Waals surface area contributed by atoms with E-state index in [4.69, 9.17) is 14.2 Å². The van der Waals surface area contributed by atoms with E-state index < -0.39 is 53.2 Å². The fraction of sp³-hybridized carbons (Fsp3) is 0.808. The number of fused-ring (bicyclic) bond motifs is 7. The van der Waals surface area contributed by atoms with Gasteiger partial charge in [-0.2, -0.15) is 0 Å². The van der Waals surface area contributed by atoms with Crippen molar-refractivity contribution in [3.05, 3.63) is 11.6 Å². The molecule has 0 radical (unpaired) electrons. The molecular formula is C26H35FO7. The second kappa shape index (κ2) is 7.43. The Bertz CT molecular complexity index is 974. The van der Waals surface area contributed by atoms with Crippen molar-refractivity contribution in [1.82, 2.24) is 0 Å². The maximum absolute atomic E-state index is 15.6. The number of hydrogen-bond donors (Lipinski definition) is 1. The van der Waals surface area contributed by atoms with Crippen LogP contribution >= 0.6 is 0 Å². The fourth-order valence-corrected chi connectivity index (χ4v) is 8.56. The second-order valence-electron chi connectivity index (χ2n) is 12.0. The Kier molecular flexibility index (Phi) is 5.26. The predicted octanol–water partition coefficient (Wildman–Crippen LogP) is 3.07. The number of rotatable bonds is 3. The standard InChI is InChI=1S/C26H35FO7/c1-13(28)32-12-20(31)26-21(33-23(2,3)34-26)10-16-15-9-18(27)17-8-14(29)6-7-24(17,4)22(15)19(30)11-25(16,26)5/h8,15-16,18-19,21-22,30H,6-7,9-12H2,1-5H3/t15-,16-,18-,19-,21+,22?,24-,25-,26+/m0/s1. The Balaban J connectivity index is 1.57. The molecule has 5 aliphatic rings. The number of halogens is 1. The largest absolute Gasteiger partial charge is 0.458 e. The van der Waals surface area contributed by atoms with E-state index >= 15 is 4.39 Å². The highest BCUT2D eigenvalue weighted by Crippen LogP contribution is 2.70. The number of esters is 1. The van der Waals surface area contributed by atoms with E-state index in [1.165, 1.54) is 13.0 Å². The van der Waals surface area contributed by atoms with Gasteiger partial charge in [-0.3, -0.25) is 14.4 Å². The van der Waals surface area contributed by atoms with Crippen molar-refractivity contribution in [2.24, 2.45) is 28.6 Å². The van der Waals surface area contributed by atoms with Crippen molar-refractivity contribution in [3.63, 3.8) is 0 Å². The van der Waals surface area contributed by atoms with Crippen molar-refractivity contribution in [2.75, 3.05) is 6.61 Å². The topological polar surface area (TPSA) is 99.1 Å². The summed E-state index contributed by atoms with van der Waals surface area (Å²) in [6, 6.07) is 0. The van der Waals surface area contributed by atoms with Crippen molar-refractivity contribution < 1.29 is 38.1 Å². The number of aliphatic hydroxyl groups excluding tert-OH is 1. The molecule has 0 bridgehead atoms. The first-order chi connectivity index (χ1) is 15.7. The highest BCUT2D eigenvalue weighted by molar-refractivity contribution is 5.93. The smallest absolute Gasteiger partial charge is 0.303 e. The van der Waals surface area contributed by atoms with Gasteiger partial charge in [-0.25, -0.2) is 4.39 Å². The molecule has 1 heterocycles. The van der Waals surface area contributed by atoms with E-state index in [1.54, 1.807) is 13.8 Å². The van der Waals surface area contributed by atoms with E-state index in [-0.39, 0.29) is 42.2 Å². The number of hydrogen-bond acceptors (Lipinski definition) is 7. The lowest BCUT2D eigenvalue weighted by molar-refractivity contribution is -0.229. The number of ketones is 2. The first-order valence-electron chi connectivity index (χ1n) is 12.4. The molecule has 0 amide bonds. The average Bonchev–Trinajstić information content (AvgIpc) is 3.13. The van der Waals surface area contributed by atoms with Gasteiger partial charge in [0.1, 0.15) is 6.17 Å². The number of Topliss-reactive ketones (excluding diaryl/α,β-unsaturated/α-hetero) is 1. The zero-order valence-corrected chi connectivity index (χ0v) is 20.6. The molecule has 7 nitrogen and oxygen atoms in total. The second-order valence-corrected chi connectivity index (χ2v) is 12.0. The number of alkyl halides is 1. The summed E-state index contributed by atoms with van der Waals surface area (Å²) < 4.78 is 33.3. The van der Waals surface area contributed by atoms with Crippen LogP contribution in [0.25, 0.3) is 0 Å². The molecule has 0 spiro atoms. The molecule has 8 heteroatoms. The first kappa shape index (κ1) is 24.1. The summed E-state index contributed by atoms with van der Waals surface area (Å²) in [5, 5.41) is 11.6. The van der Waals surface area contributed by atoms with Crippen molar-refractivity contribution in [3.8, 4) is 0 Å². The molecule has 34 heavy (non-hydrogen) atoms. The summed E-state index contributed by atoms with van der Waals surface area (Å²) in [5.74, 6) is -2.56. The Morgan fingerprint density at radius 2 is 1.94 bits per heavy atom. The van der Waals surface area contributed by atoms with Crippen LogP contribution in [-0.2, 0) is 28.6 Å². The van der Waals surface area contributed by atoms with Crippen molar-refractivity contribution >= 4 is 17.5 Å². The van der Waals surface area contributed by atoms with E-state index in [0.29, 0.717) is 24.8 Å². The molecule has 9 atom stereocenters. The molecule has 0 aromatic carbocycles. The van der Waals surface area contributed by atoms with Crippen LogP contribution in [-0.4, -0.2) is 59.0 Å². The summed E-state index contributed by atoms with van der Waals surface area (Å²) in [6.45, 7) is 8.24. The van der Waals surface area contributed by atoms with Gasteiger partial charge >= 0.3 is 5.97 Å². The molecule has 1 saturated heterocycles. The Morgan fingerprint density at radius 1 is 1.24 bits per heavy atom. The third-order valence-electron chi connectivity index (χ3n) is 9.69. The third-order valence-corrected chi connectivity index (χ3v) is 9.69. The number of ether oxygens (including phenoxy) is 3. The predicted molar refractivity (Wildman–Crippen MR) is 118 cm³/mol. The van der Waals surface area contributed by atoms with Crippen LogP contribution in [0.4, 0.5) is 4.39 Å². The number of carbonyl (C=O) groups excluding carboxylic acids is 3. The van der Waals surface area contributed by atoms with Gasteiger partial charge in [-0.1, -0.05) is 13.8 Å². The van der Waals surface area contributed by atoms with Gasteiger partial charge in [0.25, 0.3) is 0 Å². The van der Waals surface area contributed by atoms with Crippen LogP contribution in [0.5, 0.6) is 0 Å². The lowest BCUT2D eigenvalue weighted by atomic mass is 9.45. The molecule has 3 saturated carbocycles. The molecule has 1 unspecified atom stereocenters. The highest BCUT2D eigenvalue weighted by Gasteiger charge is 2.77. The molecule has 4 fully saturated rings. The van der Waals surface area contributed by atoms with E-state index in [9.17, 15) is 19.5 Å². The minimum Gasteiger partial charge on any atom is -0.458 e. The van der Waals surface area contributed by atoms with Gasteiger partial charge in [-0.05, 0) is 74.3 Å². The molecule has 0 aromatic heterocycles. The molecule has 5 rings (SSSR count). The SMILES string of the molecule is CC(=O)OCC(=O)[C@@]12OC(C)(C)O[C@@H]1C[C@H]1[C@@H]3C[C@H](F)C4=CC(=O)CC[C@]4(C)C3[C@@H](O)C[C@@]12C. The van der Waals surface area contributed by atoms with Gasteiger partial charge in [0.15, 0.2) is 23.8 Å². The maximum atomic E-state index is 15.6. The van der Waals surface area contributed by atoms with Gasteiger partial charge < -0.3 is 19.3 Å². The fourth-order valence-electron chi connectivity index (χ4n) is 8.56. The summed E-state index contributed by atoms with van der Waals surface area (Å²) in [4.78, 5) is 37.2. The Labute approximate surface area is 199 Å². The van der Waals surface area contributed by atoms with E-state index in [1.807, 2.05) is 13.8 Å². The molecule has 188 valence electrons. The number of allylic oxidation sites excluding steroid dienone is 1. The average molecular weight is 479 g/mol. The van der Waals surface area contributed by atoms with Gasteiger partial charge in [0, 0.05) is 18.8 Å². The van der Waals surface area contributed by atoms with E-state index in [0.717, 1.165) is 0 Å². The van der Waals surface area contributed by atoms with Gasteiger partial charge in [0.2, 0.25) is 5.78 Å². The van der Waals surface area contributed by atoms with Crippen molar-refractivity contribution in [2.45, 2.75) is 96.5 Å². The Hall–Kier alpha value is -1.64. The van der Waals surface area contributed by atoms with Crippen LogP contribution in [0.1, 0.15) is 66.7 Å². The van der Waals surface area contributed by atoms with Crippen LogP contribution in [0.2, 0.25) is 0 Å². The third kappa shape index (κ3) is 3.07. The molecule has 0 aromatic rings. The lowest BCUT2D eigenvalue weighted by Crippen LogP contribution is -2.65. The minimum absolute atomic E-state index is 0.0573. The van der Waals surface area contributed by atoms with Crippen molar-refractivity contribution in [1.29, 1.82) is 0 Å². The normalized spacial score (nSPS) is 48.8. The van der Waals surface area contributed by atoms with Gasteiger partial charge in [-0.15, -0.1) is 0 Å². The molecule has 4 aliphatic carbocycles. The molecule has 1 N–H and O–H groups in total.